The standard InChI is InChI=1S/C33H35F5O5S/c34-32(35,33(36,37)38)18-5-21-44(41,42)20-3-1-2-19-43-28-15-10-24(11-16-28)31-29(23-8-12-26(39)13-9-23)7-4-6-25-22-27(40)14-17-30(25)31/h8-17,22,39-40H,1-7,18-21H2. The van der Waals surface area contributed by atoms with Gasteiger partial charge in [-0.1, -0.05) is 30.3 Å². The number of sulfone groups is 1. The predicted molar refractivity (Wildman–Crippen MR) is 160 cm³/mol. The van der Waals surface area contributed by atoms with E-state index >= 15 is 0 Å². The van der Waals surface area contributed by atoms with Crippen molar-refractivity contribution in [1.29, 1.82) is 0 Å². The Morgan fingerprint density at radius 1 is 0.727 bits per heavy atom. The molecule has 0 saturated heterocycles. The summed E-state index contributed by atoms with van der Waals surface area (Å²) in [5.41, 5.74) is 6.22. The van der Waals surface area contributed by atoms with E-state index in [2.05, 4.69) is 0 Å². The molecular formula is C33H35F5O5S. The quantitative estimate of drug-likeness (QED) is 0.145. The molecule has 0 saturated carbocycles. The second kappa shape index (κ2) is 14.0. The lowest BCUT2D eigenvalue weighted by Crippen LogP contribution is -2.36. The zero-order valence-electron chi connectivity index (χ0n) is 24.0. The summed E-state index contributed by atoms with van der Waals surface area (Å²) in [6.07, 6.45) is -4.19. The van der Waals surface area contributed by atoms with Crippen LogP contribution in [0.4, 0.5) is 22.0 Å². The fourth-order valence-corrected chi connectivity index (χ4v) is 6.75. The molecule has 0 radical (unpaired) electrons. The topological polar surface area (TPSA) is 83.8 Å². The first-order valence-corrected chi connectivity index (χ1v) is 16.3. The van der Waals surface area contributed by atoms with Crippen LogP contribution in [0.3, 0.4) is 0 Å². The van der Waals surface area contributed by atoms with Gasteiger partial charge in [0.05, 0.1) is 18.1 Å². The summed E-state index contributed by atoms with van der Waals surface area (Å²) >= 11 is 0. The van der Waals surface area contributed by atoms with Gasteiger partial charge in [0.15, 0.2) is 0 Å². The van der Waals surface area contributed by atoms with E-state index in [1.54, 1.807) is 24.3 Å². The molecule has 5 nitrogen and oxygen atoms in total. The molecule has 4 rings (SSSR count). The molecule has 238 valence electrons. The molecule has 2 N–H and O–H groups in total. The number of ether oxygens (including phenoxy) is 1. The molecule has 0 fully saturated rings. The molecule has 0 aromatic heterocycles. The predicted octanol–water partition coefficient (Wildman–Crippen LogP) is 8.33. The van der Waals surface area contributed by atoms with E-state index in [9.17, 15) is 40.6 Å². The number of hydrogen-bond acceptors (Lipinski definition) is 5. The van der Waals surface area contributed by atoms with Gasteiger partial charge in [-0.2, -0.15) is 22.0 Å². The van der Waals surface area contributed by atoms with Crippen molar-refractivity contribution in [1.82, 2.24) is 0 Å². The van der Waals surface area contributed by atoms with Crippen molar-refractivity contribution in [2.24, 2.45) is 0 Å². The van der Waals surface area contributed by atoms with Crippen LogP contribution in [0.5, 0.6) is 17.2 Å². The minimum absolute atomic E-state index is 0.185. The van der Waals surface area contributed by atoms with Gasteiger partial charge in [0.1, 0.15) is 27.1 Å². The number of unbranched alkanes of at least 4 members (excludes halogenated alkanes) is 2. The van der Waals surface area contributed by atoms with Gasteiger partial charge in [0.25, 0.3) is 0 Å². The second-order valence-corrected chi connectivity index (χ2v) is 13.3. The van der Waals surface area contributed by atoms with Crippen molar-refractivity contribution in [2.45, 2.75) is 63.5 Å². The van der Waals surface area contributed by atoms with Crippen LogP contribution in [0.25, 0.3) is 11.1 Å². The molecular weight excluding hydrogens is 603 g/mol. The van der Waals surface area contributed by atoms with E-state index in [4.69, 9.17) is 4.74 Å². The van der Waals surface area contributed by atoms with Gasteiger partial charge in [0, 0.05) is 6.42 Å². The van der Waals surface area contributed by atoms with Crippen LogP contribution >= 0.6 is 0 Å². The number of allylic oxidation sites excluding steroid dienone is 1. The normalized spacial score (nSPS) is 14.3. The van der Waals surface area contributed by atoms with Gasteiger partial charge in [-0.25, -0.2) is 8.42 Å². The smallest absolute Gasteiger partial charge is 0.453 e. The number of rotatable bonds is 13. The average molecular weight is 639 g/mol. The van der Waals surface area contributed by atoms with Crippen molar-refractivity contribution in [3.8, 4) is 17.2 Å². The Labute approximate surface area is 253 Å². The van der Waals surface area contributed by atoms with Gasteiger partial charge in [0.2, 0.25) is 0 Å². The summed E-state index contributed by atoms with van der Waals surface area (Å²) in [5, 5.41) is 19.9. The summed E-state index contributed by atoms with van der Waals surface area (Å²) < 4.78 is 92.6. The lowest BCUT2D eigenvalue weighted by Gasteiger charge is -2.19. The van der Waals surface area contributed by atoms with Crippen molar-refractivity contribution < 1.29 is 45.3 Å². The highest BCUT2D eigenvalue weighted by atomic mass is 32.2. The zero-order valence-corrected chi connectivity index (χ0v) is 24.9. The molecule has 3 aromatic carbocycles. The van der Waals surface area contributed by atoms with Crippen LogP contribution in [0, 0.1) is 0 Å². The minimum Gasteiger partial charge on any atom is -0.508 e. The fourth-order valence-electron chi connectivity index (χ4n) is 5.32. The first kappa shape index (κ1) is 33.3. The molecule has 3 aromatic rings. The summed E-state index contributed by atoms with van der Waals surface area (Å²) in [5.74, 6) is -4.87. The molecule has 1 aliphatic rings. The maximum atomic E-state index is 13.0. The maximum absolute atomic E-state index is 13.0. The second-order valence-electron chi connectivity index (χ2n) is 11.0. The van der Waals surface area contributed by atoms with Crippen molar-refractivity contribution in [2.75, 3.05) is 18.1 Å². The molecule has 0 unspecified atom stereocenters. The Bertz CT molecular complexity index is 1550. The highest BCUT2D eigenvalue weighted by Crippen LogP contribution is 2.41. The van der Waals surface area contributed by atoms with E-state index in [1.165, 1.54) is 0 Å². The monoisotopic (exact) mass is 638 g/mol. The number of benzene rings is 3. The van der Waals surface area contributed by atoms with Gasteiger partial charge in [-0.05, 0) is 115 Å². The molecule has 0 amide bonds. The van der Waals surface area contributed by atoms with E-state index in [-0.39, 0.29) is 23.7 Å². The fraction of sp³-hybridized carbons (Fsp3) is 0.394. The molecule has 0 aliphatic heterocycles. The van der Waals surface area contributed by atoms with Crippen LogP contribution in [0.1, 0.15) is 67.2 Å². The van der Waals surface area contributed by atoms with Crippen molar-refractivity contribution in [3.05, 3.63) is 89.0 Å². The number of aryl methyl sites for hydroxylation is 1. The van der Waals surface area contributed by atoms with Crippen LogP contribution in [-0.2, 0) is 16.3 Å². The molecule has 1 aliphatic carbocycles. The number of phenols is 2. The van der Waals surface area contributed by atoms with Crippen LogP contribution in [0.15, 0.2) is 66.7 Å². The highest BCUT2D eigenvalue weighted by molar-refractivity contribution is 7.91. The van der Waals surface area contributed by atoms with Gasteiger partial charge in [-0.3, -0.25) is 0 Å². The van der Waals surface area contributed by atoms with Gasteiger partial charge < -0.3 is 14.9 Å². The van der Waals surface area contributed by atoms with Crippen LogP contribution in [0.2, 0.25) is 0 Å². The number of phenolic OH excluding ortho intramolecular Hbond substituents is 2. The van der Waals surface area contributed by atoms with Crippen LogP contribution < -0.4 is 4.74 Å². The highest BCUT2D eigenvalue weighted by Gasteiger charge is 2.56. The number of fused-ring (bicyclic) bond motifs is 1. The first-order valence-electron chi connectivity index (χ1n) is 14.5. The number of alkyl halides is 5. The Balaban J connectivity index is 1.34. The molecule has 0 heterocycles. The van der Waals surface area contributed by atoms with E-state index in [0.717, 1.165) is 52.7 Å². The molecule has 0 bridgehead atoms. The third-order valence-corrected chi connectivity index (χ3v) is 9.44. The Hall–Kier alpha value is -3.60. The number of aromatic hydroxyl groups is 2. The van der Waals surface area contributed by atoms with Crippen LogP contribution in [-0.4, -0.2) is 48.8 Å². The third kappa shape index (κ3) is 8.74. The van der Waals surface area contributed by atoms with Crippen molar-refractivity contribution >= 4 is 21.0 Å². The zero-order chi connectivity index (χ0) is 32.0. The van der Waals surface area contributed by atoms with E-state index < -0.39 is 40.5 Å². The van der Waals surface area contributed by atoms with Crippen molar-refractivity contribution in [3.63, 3.8) is 0 Å². The summed E-state index contributed by atoms with van der Waals surface area (Å²) in [7, 11) is -3.73. The molecule has 0 atom stereocenters. The average Bonchev–Trinajstić information content (AvgIpc) is 3.14. The Kier molecular flexibility index (Phi) is 10.6. The maximum Gasteiger partial charge on any atom is 0.453 e. The SMILES string of the molecule is O=S(=O)(CCCCCOc1ccc(C2=C(c3ccc(O)cc3)CCCc3cc(O)ccc32)cc1)CCCC(F)(F)C(F)(F)F. The summed E-state index contributed by atoms with van der Waals surface area (Å²) in [4.78, 5) is 0. The minimum atomic E-state index is -5.68. The van der Waals surface area contributed by atoms with Gasteiger partial charge in [-0.15, -0.1) is 0 Å². The lowest BCUT2D eigenvalue weighted by atomic mass is 9.88. The Morgan fingerprint density at radius 3 is 2.05 bits per heavy atom. The molecule has 11 heteroatoms. The van der Waals surface area contributed by atoms with E-state index in [1.807, 2.05) is 42.5 Å². The number of halogens is 5. The Morgan fingerprint density at radius 2 is 1.36 bits per heavy atom. The lowest BCUT2D eigenvalue weighted by molar-refractivity contribution is -0.284. The third-order valence-electron chi connectivity index (χ3n) is 7.62. The van der Waals surface area contributed by atoms with E-state index in [0.29, 0.717) is 25.2 Å². The molecule has 0 spiro atoms. The number of hydrogen-bond donors (Lipinski definition) is 2. The summed E-state index contributed by atoms with van der Waals surface area (Å²) in [6, 6.07) is 20.1. The first-order chi connectivity index (χ1) is 20.8. The summed E-state index contributed by atoms with van der Waals surface area (Å²) in [6.45, 7) is 0.320. The van der Waals surface area contributed by atoms with Gasteiger partial charge >= 0.3 is 12.1 Å². The largest absolute Gasteiger partial charge is 0.508 e. The molecule has 44 heavy (non-hydrogen) atoms.